The summed E-state index contributed by atoms with van der Waals surface area (Å²) in [6, 6.07) is 0. The van der Waals surface area contributed by atoms with Gasteiger partial charge in [0.2, 0.25) is 0 Å². The third-order valence-electron chi connectivity index (χ3n) is 3.64. The zero-order valence-electron chi connectivity index (χ0n) is 14.6. The molecule has 0 N–H and O–H groups in total. The molecule has 1 atom stereocenters. The lowest BCUT2D eigenvalue weighted by molar-refractivity contribution is 0.255. The van der Waals surface area contributed by atoms with E-state index in [0.29, 0.717) is 11.3 Å². The summed E-state index contributed by atoms with van der Waals surface area (Å²) in [5.74, 6) is 0.554. The van der Waals surface area contributed by atoms with Crippen LogP contribution in [-0.2, 0) is 0 Å². The molecule has 0 aromatic carbocycles. The van der Waals surface area contributed by atoms with Crippen LogP contribution in [0.4, 0.5) is 0 Å². The van der Waals surface area contributed by atoms with Gasteiger partial charge in [-0.1, -0.05) is 82.2 Å². The summed E-state index contributed by atoms with van der Waals surface area (Å²) in [5, 5.41) is 0. The highest BCUT2D eigenvalue weighted by Crippen LogP contribution is 2.41. The molecule has 0 bridgehead atoms. The molecule has 0 fully saturated rings. The van der Waals surface area contributed by atoms with Gasteiger partial charge in [0.15, 0.2) is 0 Å². The minimum atomic E-state index is 0.374. The Balaban J connectivity index is 0.00000110. The van der Waals surface area contributed by atoms with Gasteiger partial charge in [-0.3, -0.25) is 0 Å². The van der Waals surface area contributed by atoms with E-state index in [1.165, 1.54) is 30.4 Å². The molecule has 0 spiro atoms. The molecule has 0 amide bonds. The van der Waals surface area contributed by atoms with Gasteiger partial charge >= 0.3 is 0 Å². The van der Waals surface area contributed by atoms with Gasteiger partial charge in [0.05, 0.1) is 0 Å². The van der Waals surface area contributed by atoms with Crippen LogP contribution in [-0.4, -0.2) is 0 Å². The summed E-state index contributed by atoms with van der Waals surface area (Å²) >= 11 is 0. The Labute approximate surface area is 127 Å². The third-order valence-corrected chi connectivity index (χ3v) is 3.64. The van der Waals surface area contributed by atoms with E-state index in [9.17, 15) is 0 Å². The SMILES string of the molecule is C=C(C)CC(=C)/C=C/C1C(C)=CCCC1(C)C.CCC. The molecule has 0 aromatic heterocycles. The zero-order chi connectivity index (χ0) is 15.8. The molecular weight excluding hydrogens is 240 g/mol. The summed E-state index contributed by atoms with van der Waals surface area (Å²) in [4.78, 5) is 0. The van der Waals surface area contributed by atoms with Gasteiger partial charge in [-0.05, 0) is 38.5 Å². The summed E-state index contributed by atoms with van der Waals surface area (Å²) in [7, 11) is 0. The highest BCUT2D eigenvalue weighted by molar-refractivity contribution is 5.26. The standard InChI is InChI=1S/C17H26.C3H8/c1-13(2)12-14(3)9-10-16-15(4)8-7-11-17(16,5)6;1-3-2/h8-10,16H,1,3,7,11-12H2,2,4-6H3;3H2,1-2H3/b10-9+;. The second-order valence-electron chi connectivity index (χ2n) is 6.81. The first-order chi connectivity index (χ1) is 9.24. The first-order valence-corrected chi connectivity index (χ1v) is 7.91. The van der Waals surface area contributed by atoms with Gasteiger partial charge in [-0.15, -0.1) is 0 Å². The lowest BCUT2D eigenvalue weighted by atomic mass is 9.68. The van der Waals surface area contributed by atoms with Crippen molar-refractivity contribution in [3.8, 4) is 0 Å². The molecular formula is C20H34. The maximum Gasteiger partial charge on any atom is 0.00285 e. The van der Waals surface area contributed by atoms with E-state index >= 15 is 0 Å². The fourth-order valence-corrected chi connectivity index (χ4v) is 2.66. The van der Waals surface area contributed by atoms with Gasteiger partial charge in [0.1, 0.15) is 0 Å². The molecule has 0 heteroatoms. The lowest BCUT2D eigenvalue weighted by Crippen LogP contribution is -2.26. The predicted molar refractivity (Wildman–Crippen MR) is 93.9 cm³/mol. The van der Waals surface area contributed by atoms with Crippen LogP contribution in [0.2, 0.25) is 0 Å². The van der Waals surface area contributed by atoms with Gasteiger partial charge in [0.25, 0.3) is 0 Å². The second-order valence-corrected chi connectivity index (χ2v) is 6.81. The van der Waals surface area contributed by atoms with Crippen molar-refractivity contribution in [3.05, 3.63) is 48.1 Å². The molecule has 0 saturated carbocycles. The molecule has 1 aliphatic rings. The molecule has 0 radical (unpaired) electrons. The minimum Gasteiger partial charge on any atom is -0.0998 e. The monoisotopic (exact) mass is 274 g/mol. The number of hydrogen-bond acceptors (Lipinski definition) is 0. The minimum absolute atomic E-state index is 0.374. The summed E-state index contributed by atoms with van der Waals surface area (Å²) < 4.78 is 0. The fraction of sp³-hybridized carbons (Fsp3) is 0.600. The smallest absolute Gasteiger partial charge is 0.00285 e. The molecule has 0 saturated heterocycles. The maximum absolute atomic E-state index is 4.08. The normalized spacial score (nSPS) is 20.9. The van der Waals surface area contributed by atoms with Crippen molar-refractivity contribution in [3.63, 3.8) is 0 Å². The third kappa shape index (κ3) is 6.93. The fourth-order valence-electron chi connectivity index (χ4n) is 2.66. The van der Waals surface area contributed by atoms with E-state index in [4.69, 9.17) is 0 Å². The Bertz CT molecular complexity index is 377. The summed E-state index contributed by atoms with van der Waals surface area (Å²) in [6.45, 7) is 21.3. The van der Waals surface area contributed by atoms with Crippen molar-refractivity contribution in [1.82, 2.24) is 0 Å². The van der Waals surface area contributed by atoms with Crippen LogP contribution in [0.3, 0.4) is 0 Å². The van der Waals surface area contributed by atoms with Crippen molar-refractivity contribution in [2.24, 2.45) is 11.3 Å². The van der Waals surface area contributed by atoms with Gasteiger partial charge < -0.3 is 0 Å². The molecule has 1 aliphatic carbocycles. The molecule has 0 aliphatic heterocycles. The Hall–Kier alpha value is -1.04. The highest BCUT2D eigenvalue weighted by Gasteiger charge is 2.30. The largest absolute Gasteiger partial charge is 0.0998 e. The average Bonchev–Trinajstić information content (AvgIpc) is 2.27. The van der Waals surface area contributed by atoms with Gasteiger partial charge in [0, 0.05) is 5.92 Å². The maximum atomic E-state index is 4.08. The van der Waals surface area contributed by atoms with E-state index < -0.39 is 0 Å². The molecule has 1 unspecified atom stereocenters. The number of rotatable bonds is 4. The molecule has 114 valence electrons. The van der Waals surface area contributed by atoms with Gasteiger partial charge in [-0.25, -0.2) is 0 Å². The van der Waals surface area contributed by atoms with Crippen molar-refractivity contribution in [1.29, 1.82) is 0 Å². The number of hydrogen-bond donors (Lipinski definition) is 0. The topological polar surface area (TPSA) is 0 Å². The van der Waals surface area contributed by atoms with E-state index in [1.54, 1.807) is 0 Å². The number of allylic oxidation sites excluding steroid dienone is 6. The van der Waals surface area contributed by atoms with Crippen LogP contribution in [0.5, 0.6) is 0 Å². The van der Waals surface area contributed by atoms with Crippen molar-refractivity contribution in [2.45, 2.75) is 67.2 Å². The van der Waals surface area contributed by atoms with E-state index in [2.05, 4.69) is 72.9 Å². The molecule has 0 aromatic rings. The van der Waals surface area contributed by atoms with E-state index in [-0.39, 0.29) is 0 Å². The van der Waals surface area contributed by atoms with Crippen LogP contribution >= 0.6 is 0 Å². The summed E-state index contributed by atoms with van der Waals surface area (Å²) in [6.07, 6.45) is 11.5. The zero-order valence-corrected chi connectivity index (χ0v) is 14.6. The van der Waals surface area contributed by atoms with Crippen LogP contribution in [0.1, 0.15) is 67.2 Å². The van der Waals surface area contributed by atoms with Gasteiger partial charge in [-0.2, -0.15) is 0 Å². The Morgan fingerprint density at radius 1 is 1.35 bits per heavy atom. The second kappa shape index (κ2) is 9.00. The van der Waals surface area contributed by atoms with Crippen LogP contribution in [0, 0.1) is 11.3 Å². The Morgan fingerprint density at radius 2 is 1.90 bits per heavy atom. The summed E-state index contributed by atoms with van der Waals surface area (Å²) in [5.41, 5.74) is 4.21. The quantitative estimate of drug-likeness (QED) is 0.388. The van der Waals surface area contributed by atoms with Crippen LogP contribution < -0.4 is 0 Å². The Kier molecular flexibility index (Phi) is 8.53. The van der Waals surface area contributed by atoms with Crippen molar-refractivity contribution in [2.75, 3.05) is 0 Å². The van der Waals surface area contributed by atoms with E-state index in [1.807, 2.05) is 0 Å². The lowest BCUT2D eigenvalue weighted by Gasteiger charge is -2.36. The van der Waals surface area contributed by atoms with Crippen LogP contribution in [0.25, 0.3) is 0 Å². The van der Waals surface area contributed by atoms with Crippen molar-refractivity contribution < 1.29 is 0 Å². The van der Waals surface area contributed by atoms with E-state index in [0.717, 1.165) is 12.0 Å². The molecule has 1 rings (SSSR count). The molecule has 20 heavy (non-hydrogen) atoms. The Morgan fingerprint density at radius 3 is 2.35 bits per heavy atom. The first kappa shape index (κ1) is 19.0. The molecule has 0 heterocycles. The average molecular weight is 274 g/mol. The highest BCUT2D eigenvalue weighted by atomic mass is 14.3. The first-order valence-electron chi connectivity index (χ1n) is 7.91. The molecule has 0 nitrogen and oxygen atoms in total. The van der Waals surface area contributed by atoms with Crippen molar-refractivity contribution >= 4 is 0 Å². The van der Waals surface area contributed by atoms with Crippen LogP contribution in [0.15, 0.2) is 48.1 Å². The predicted octanol–water partition coefficient (Wildman–Crippen LogP) is 6.86.